The zero-order valence-corrected chi connectivity index (χ0v) is 11.3. The maximum atomic E-state index is 3.35. The van der Waals surface area contributed by atoms with Gasteiger partial charge in [-0.1, -0.05) is 30.3 Å². The maximum Gasteiger partial charge on any atom is 0.0690 e. The molecule has 1 aromatic heterocycles. The highest BCUT2D eigenvalue weighted by atomic mass is 32.2. The Labute approximate surface area is 116 Å². The number of benzene rings is 2. The quantitative estimate of drug-likeness (QED) is 0.748. The zero-order valence-electron chi connectivity index (χ0n) is 10.5. The summed E-state index contributed by atoms with van der Waals surface area (Å²) in [6.07, 6.45) is 2.14. The fraction of sp³-hybridized carbons (Fsp3) is 0.125. The topological polar surface area (TPSA) is 19.0 Å². The fourth-order valence-electron chi connectivity index (χ4n) is 2.66. The van der Waals surface area contributed by atoms with Crippen LogP contribution in [0.25, 0.3) is 10.9 Å². The summed E-state index contributed by atoms with van der Waals surface area (Å²) in [7, 11) is 0. The van der Waals surface area contributed by atoms with Crippen LogP contribution in [0.2, 0.25) is 0 Å². The van der Waals surface area contributed by atoms with Crippen LogP contribution in [0.15, 0.2) is 59.6 Å². The van der Waals surface area contributed by atoms with Gasteiger partial charge in [-0.15, -0.1) is 11.8 Å². The fourth-order valence-corrected chi connectivity index (χ4v) is 3.70. The third kappa shape index (κ3) is 1.81. The number of hydrogen-bond acceptors (Lipinski definition) is 2. The summed E-state index contributed by atoms with van der Waals surface area (Å²) in [5.41, 5.74) is 3.95. The van der Waals surface area contributed by atoms with Crippen LogP contribution in [-0.2, 0) is 6.54 Å². The van der Waals surface area contributed by atoms with Gasteiger partial charge >= 0.3 is 0 Å². The van der Waals surface area contributed by atoms with Crippen molar-refractivity contribution in [3.63, 3.8) is 0 Å². The number of hydrogen-bond donors (Lipinski definition) is 1. The molecule has 0 aliphatic carbocycles. The van der Waals surface area contributed by atoms with Gasteiger partial charge in [0.1, 0.15) is 0 Å². The van der Waals surface area contributed by atoms with E-state index in [1.807, 2.05) is 11.8 Å². The minimum absolute atomic E-state index is 0.966. The van der Waals surface area contributed by atoms with E-state index in [1.54, 1.807) is 0 Å². The van der Waals surface area contributed by atoms with Gasteiger partial charge in [0.05, 0.1) is 11.6 Å². The summed E-state index contributed by atoms with van der Waals surface area (Å²) in [5, 5.41) is 1.33. The second-order valence-corrected chi connectivity index (χ2v) is 5.79. The Morgan fingerprint density at radius 1 is 1.05 bits per heavy atom. The highest BCUT2D eigenvalue weighted by Gasteiger charge is 2.19. The lowest BCUT2D eigenvalue weighted by molar-refractivity contribution is 0.914. The van der Waals surface area contributed by atoms with Crippen LogP contribution in [0, 0.1) is 0 Å². The third-order valence-corrected chi connectivity index (χ3v) is 4.71. The molecule has 4 rings (SSSR count). The maximum absolute atomic E-state index is 3.35. The predicted octanol–water partition coefficient (Wildman–Crippen LogP) is 4.24. The third-order valence-electron chi connectivity index (χ3n) is 3.62. The molecule has 2 aromatic carbocycles. The van der Waals surface area contributed by atoms with E-state index in [0.29, 0.717) is 0 Å². The van der Waals surface area contributed by atoms with Gasteiger partial charge in [0.2, 0.25) is 0 Å². The van der Waals surface area contributed by atoms with E-state index < -0.39 is 0 Å². The van der Waals surface area contributed by atoms with Crippen LogP contribution < -0.4 is 4.90 Å². The van der Waals surface area contributed by atoms with E-state index >= 15 is 0 Å². The van der Waals surface area contributed by atoms with Crippen LogP contribution in [-0.4, -0.2) is 10.9 Å². The number of anilines is 1. The van der Waals surface area contributed by atoms with Gasteiger partial charge in [-0.25, -0.2) is 0 Å². The Hall–Kier alpha value is -1.87. The molecule has 0 unspecified atom stereocenters. The van der Waals surface area contributed by atoms with Crippen LogP contribution in [0.5, 0.6) is 0 Å². The van der Waals surface area contributed by atoms with Gasteiger partial charge in [-0.2, -0.15) is 0 Å². The van der Waals surface area contributed by atoms with Crippen molar-refractivity contribution in [2.75, 3.05) is 10.8 Å². The zero-order chi connectivity index (χ0) is 12.7. The number of aromatic nitrogens is 1. The van der Waals surface area contributed by atoms with E-state index in [0.717, 1.165) is 12.4 Å². The molecule has 0 atom stereocenters. The van der Waals surface area contributed by atoms with E-state index in [2.05, 4.69) is 64.6 Å². The summed E-state index contributed by atoms with van der Waals surface area (Å²) < 4.78 is 0. The Kier molecular flexibility index (Phi) is 2.52. The van der Waals surface area contributed by atoms with E-state index in [-0.39, 0.29) is 0 Å². The summed E-state index contributed by atoms with van der Waals surface area (Å²) in [5.74, 6) is 1.04. The number of aromatic amines is 1. The van der Waals surface area contributed by atoms with Gasteiger partial charge < -0.3 is 9.88 Å². The van der Waals surface area contributed by atoms with Crippen LogP contribution in [0.3, 0.4) is 0 Å². The lowest BCUT2D eigenvalue weighted by Gasteiger charge is -2.17. The molecule has 19 heavy (non-hydrogen) atoms. The van der Waals surface area contributed by atoms with Crippen LogP contribution >= 0.6 is 11.8 Å². The number of nitrogens with zero attached hydrogens (tertiary/aromatic N) is 1. The Morgan fingerprint density at radius 2 is 1.89 bits per heavy atom. The van der Waals surface area contributed by atoms with Crippen molar-refractivity contribution in [1.29, 1.82) is 0 Å². The molecule has 0 amide bonds. The SMILES string of the molecule is c1ccc2c(c1)SCN2Cc1c[nH]c2ccccc12. The van der Waals surface area contributed by atoms with Crippen molar-refractivity contribution in [1.82, 2.24) is 4.98 Å². The number of nitrogens with one attached hydrogen (secondary N) is 1. The summed E-state index contributed by atoms with van der Waals surface area (Å²) in [4.78, 5) is 7.18. The molecular formula is C16H14N2S. The first-order chi connectivity index (χ1) is 9.42. The number of rotatable bonds is 2. The molecule has 0 bridgehead atoms. The predicted molar refractivity (Wildman–Crippen MR) is 81.6 cm³/mol. The molecular weight excluding hydrogens is 252 g/mol. The van der Waals surface area contributed by atoms with Crippen molar-refractivity contribution in [3.05, 3.63) is 60.3 Å². The molecule has 1 aliphatic rings. The van der Waals surface area contributed by atoms with Crippen molar-refractivity contribution < 1.29 is 0 Å². The van der Waals surface area contributed by atoms with E-state index in [1.165, 1.54) is 27.0 Å². The van der Waals surface area contributed by atoms with Crippen molar-refractivity contribution in [3.8, 4) is 0 Å². The highest BCUT2D eigenvalue weighted by molar-refractivity contribution is 7.99. The number of para-hydroxylation sites is 2. The number of H-pyrrole nitrogens is 1. The van der Waals surface area contributed by atoms with Crippen molar-refractivity contribution >= 4 is 28.4 Å². The smallest absolute Gasteiger partial charge is 0.0690 e. The lowest BCUT2D eigenvalue weighted by Crippen LogP contribution is -2.17. The molecule has 1 aliphatic heterocycles. The second kappa shape index (κ2) is 4.35. The minimum atomic E-state index is 0.966. The van der Waals surface area contributed by atoms with Gasteiger partial charge in [-0.05, 0) is 23.8 Å². The first kappa shape index (κ1) is 11.0. The largest absolute Gasteiger partial charge is 0.361 e. The molecule has 0 radical (unpaired) electrons. The van der Waals surface area contributed by atoms with Crippen molar-refractivity contribution in [2.45, 2.75) is 11.4 Å². The average molecular weight is 266 g/mol. The van der Waals surface area contributed by atoms with Gasteiger partial charge in [0.15, 0.2) is 0 Å². The Bertz CT molecular complexity index is 732. The first-order valence-electron chi connectivity index (χ1n) is 6.43. The summed E-state index contributed by atoms with van der Waals surface area (Å²) in [6.45, 7) is 0.966. The molecule has 0 fully saturated rings. The first-order valence-corrected chi connectivity index (χ1v) is 7.42. The van der Waals surface area contributed by atoms with Gasteiger partial charge in [0.25, 0.3) is 0 Å². The molecule has 0 spiro atoms. The second-order valence-electron chi connectivity index (χ2n) is 4.80. The Balaban J connectivity index is 1.70. The molecule has 0 saturated heterocycles. The van der Waals surface area contributed by atoms with Crippen LogP contribution in [0.1, 0.15) is 5.56 Å². The number of fused-ring (bicyclic) bond motifs is 2. The van der Waals surface area contributed by atoms with E-state index in [9.17, 15) is 0 Å². The van der Waals surface area contributed by atoms with Crippen molar-refractivity contribution in [2.24, 2.45) is 0 Å². The molecule has 94 valence electrons. The summed E-state index contributed by atoms with van der Waals surface area (Å²) in [6, 6.07) is 17.1. The highest BCUT2D eigenvalue weighted by Crippen LogP contribution is 2.39. The molecule has 1 N–H and O–H groups in total. The lowest BCUT2D eigenvalue weighted by atomic mass is 10.1. The van der Waals surface area contributed by atoms with Gasteiger partial charge in [0, 0.05) is 28.5 Å². The molecule has 3 heteroatoms. The monoisotopic (exact) mass is 266 g/mol. The molecule has 0 saturated carbocycles. The Morgan fingerprint density at radius 3 is 2.89 bits per heavy atom. The molecule has 3 aromatic rings. The molecule has 2 heterocycles. The normalized spacial score (nSPS) is 14.0. The minimum Gasteiger partial charge on any atom is -0.361 e. The van der Waals surface area contributed by atoms with E-state index in [4.69, 9.17) is 0 Å². The molecule has 2 nitrogen and oxygen atoms in total. The average Bonchev–Trinajstić information content (AvgIpc) is 3.05. The number of thioether (sulfide) groups is 1. The van der Waals surface area contributed by atoms with Gasteiger partial charge in [-0.3, -0.25) is 0 Å². The van der Waals surface area contributed by atoms with Crippen LogP contribution in [0.4, 0.5) is 5.69 Å². The standard InChI is InChI=1S/C16H14N2S/c1-2-6-14-13(5-1)12(9-17-14)10-18-11-19-16-8-4-3-7-15(16)18/h1-9,17H,10-11H2. The summed E-state index contributed by atoms with van der Waals surface area (Å²) >= 11 is 1.92.